The van der Waals surface area contributed by atoms with Gasteiger partial charge in [0.25, 0.3) is 0 Å². The zero-order chi connectivity index (χ0) is 33.9. The Morgan fingerprint density at radius 1 is 0.308 bits per heavy atom. The molecule has 52 heavy (non-hydrogen) atoms. The van der Waals surface area contributed by atoms with E-state index in [0.29, 0.717) is 0 Å². The van der Waals surface area contributed by atoms with Crippen LogP contribution in [0.15, 0.2) is 179 Å². The molecule has 0 radical (unpaired) electrons. The van der Waals surface area contributed by atoms with Gasteiger partial charge in [0.05, 0.1) is 27.5 Å². The minimum atomic E-state index is 0.840. The first-order valence-electron chi connectivity index (χ1n) is 17.7. The maximum atomic E-state index is 6.69. The predicted molar refractivity (Wildman–Crippen MR) is 215 cm³/mol. The Morgan fingerprint density at radius 2 is 0.885 bits per heavy atom. The van der Waals surface area contributed by atoms with E-state index in [2.05, 4.69) is 161 Å². The molecule has 0 saturated carbocycles. The number of para-hydroxylation sites is 4. The summed E-state index contributed by atoms with van der Waals surface area (Å²) in [6.07, 6.45) is 0. The molecule has 0 atom stereocenters. The molecule has 0 spiro atoms. The Morgan fingerprint density at radius 3 is 1.60 bits per heavy atom. The minimum absolute atomic E-state index is 0.840. The number of aromatic nitrogens is 2. The lowest BCUT2D eigenvalue weighted by Gasteiger charge is -2.09. The maximum Gasteiger partial charge on any atom is 0.147 e. The van der Waals surface area contributed by atoms with Crippen molar-refractivity contribution in [3.8, 4) is 22.5 Å². The van der Waals surface area contributed by atoms with Crippen molar-refractivity contribution in [1.29, 1.82) is 0 Å². The summed E-state index contributed by atoms with van der Waals surface area (Å²) in [5.41, 5.74) is 12.8. The van der Waals surface area contributed by atoms with Gasteiger partial charge in [0.15, 0.2) is 0 Å². The summed E-state index contributed by atoms with van der Waals surface area (Å²) in [5.74, 6) is 0. The average molecular weight is 665 g/mol. The van der Waals surface area contributed by atoms with Gasteiger partial charge in [-0.15, -0.1) is 0 Å². The first kappa shape index (κ1) is 27.7. The molecule has 12 rings (SSSR count). The van der Waals surface area contributed by atoms with Gasteiger partial charge in [-0.1, -0.05) is 84.9 Å². The molecule has 242 valence electrons. The molecule has 0 unspecified atom stereocenters. The molecule has 0 aliphatic heterocycles. The van der Waals surface area contributed by atoms with E-state index in [9.17, 15) is 0 Å². The van der Waals surface area contributed by atoms with Gasteiger partial charge in [-0.05, 0) is 90.0 Å². The van der Waals surface area contributed by atoms with Gasteiger partial charge in [-0.25, -0.2) is 0 Å². The van der Waals surface area contributed by atoms with Gasteiger partial charge in [-0.3, -0.25) is 0 Å². The SMILES string of the molecule is c1ccc(-n2c3ccccc3c3cc(-c4ccc5c(c4)c4ccccc4n5-c4ccc5c(c4)oc4c5ccc5oc6ccccc6c54)ccc32)cc1. The van der Waals surface area contributed by atoms with Crippen LogP contribution in [-0.2, 0) is 0 Å². The first-order chi connectivity index (χ1) is 25.8. The molecule has 8 aromatic carbocycles. The highest BCUT2D eigenvalue weighted by Crippen LogP contribution is 2.42. The van der Waals surface area contributed by atoms with E-state index in [0.717, 1.165) is 60.6 Å². The maximum absolute atomic E-state index is 6.69. The van der Waals surface area contributed by atoms with Crippen LogP contribution in [0.25, 0.3) is 110 Å². The topological polar surface area (TPSA) is 36.1 Å². The van der Waals surface area contributed by atoms with Crippen LogP contribution < -0.4 is 0 Å². The molecule has 0 aliphatic rings. The fourth-order valence-corrected chi connectivity index (χ4v) is 8.61. The fraction of sp³-hybridized carbons (Fsp3) is 0. The second kappa shape index (κ2) is 10.3. The van der Waals surface area contributed by atoms with Crippen LogP contribution in [0.1, 0.15) is 0 Å². The zero-order valence-electron chi connectivity index (χ0n) is 27.9. The monoisotopic (exact) mass is 664 g/mol. The molecule has 0 aliphatic carbocycles. The number of hydrogen-bond donors (Lipinski definition) is 0. The quantitative estimate of drug-likeness (QED) is 0.188. The molecule has 12 aromatic rings. The number of nitrogens with zero attached hydrogens (tertiary/aromatic N) is 2. The molecule has 0 bridgehead atoms. The number of furan rings is 2. The molecule has 0 fully saturated rings. The summed E-state index contributed by atoms with van der Waals surface area (Å²) in [6, 6.07) is 60.7. The van der Waals surface area contributed by atoms with E-state index in [1.54, 1.807) is 0 Å². The lowest BCUT2D eigenvalue weighted by molar-refractivity contribution is 0.662. The molecular formula is C48H28N2O2. The summed E-state index contributed by atoms with van der Waals surface area (Å²) in [6.45, 7) is 0. The van der Waals surface area contributed by atoms with Crippen molar-refractivity contribution in [2.45, 2.75) is 0 Å². The van der Waals surface area contributed by atoms with Crippen LogP contribution in [0.2, 0.25) is 0 Å². The molecule has 0 N–H and O–H groups in total. The van der Waals surface area contributed by atoms with Gasteiger partial charge in [0, 0.05) is 55.1 Å². The summed E-state index contributed by atoms with van der Waals surface area (Å²) >= 11 is 0. The minimum Gasteiger partial charge on any atom is -0.456 e. The summed E-state index contributed by atoms with van der Waals surface area (Å²) in [4.78, 5) is 0. The third-order valence-electron chi connectivity index (χ3n) is 10.9. The van der Waals surface area contributed by atoms with Gasteiger partial charge in [0.2, 0.25) is 0 Å². The van der Waals surface area contributed by atoms with E-state index in [4.69, 9.17) is 8.83 Å². The van der Waals surface area contributed by atoms with Crippen molar-refractivity contribution in [3.05, 3.63) is 170 Å². The largest absolute Gasteiger partial charge is 0.456 e. The van der Waals surface area contributed by atoms with Gasteiger partial charge in [0.1, 0.15) is 22.3 Å². The second-order valence-corrected chi connectivity index (χ2v) is 13.7. The molecule has 4 nitrogen and oxygen atoms in total. The van der Waals surface area contributed by atoms with Crippen molar-refractivity contribution >= 4 is 87.5 Å². The normalized spacial score (nSPS) is 12.2. The van der Waals surface area contributed by atoms with Crippen molar-refractivity contribution < 1.29 is 8.83 Å². The number of benzene rings is 8. The predicted octanol–water partition coefficient (Wildman–Crippen LogP) is 13.3. The molecule has 4 aromatic heterocycles. The molecular weight excluding hydrogens is 637 g/mol. The summed E-state index contributed by atoms with van der Waals surface area (Å²) in [7, 11) is 0. The van der Waals surface area contributed by atoms with Crippen molar-refractivity contribution in [2.24, 2.45) is 0 Å². The Balaban J connectivity index is 1.04. The van der Waals surface area contributed by atoms with Crippen LogP contribution in [0.4, 0.5) is 0 Å². The Hall–Kier alpha value is -7.04. The van der Waals surface area contributed by atoms with Crippen LogP contribution in [0, 0.1) is 0 Å². The van der Waals surface area contributed by atoms with Gasteiger partial charge >= 0.3 is 0 Å². The highest BCUT2D eigenvalue weighted by atomic mass is 16.3. The average Bonchev–Trinajstić information content (AvgIpc) is 3.95. The lowest BCUT2D eigenvalue weighted by Crippen LogP contribution is -1.93. The molecule has 0 amide bonds. The second-order valence-electron chi connectivity index (χ2n) is 13.7. The number of fused-ring (bicyclic) bond motifs is 13. The van der Waals surface area contributed by atoms with Crippen molar-refractivity contribution in [2.75, 3.05) is 0 Å². The zero-order valence-corrected chi connectivity index (χ0v) is 27.9. The fourth-order valence-electron chi connectivity index (χ4n) is 8.61. The molecule has 4 heteroatoms. The van der Waals surface area contributed by atoms with Crippen molar-refractivity contribution in [1.82, 2.24) is 9.13 Å². The summed E-state index contributed by atoms with van der Waals surface area (Å²) in [5, 5.41) is 9.23. The van der Waals surface area contributed by atoms with Crippen molar-refractivity contribution in [3.63, 3.8) is 0 Å². The van der Waals surface area contributed by atoms with E-state index in [1.165, 1.54) is 49.4 Å². The van der Waals surface area contributed by atoms with Crippen LogP contribution in [0.3, 0.4) is 0 Å². The van der Waals surface area contributed by atoms with Crippen LogP contribution in [0.5, 0.6) is 0 Å². The first-order valence-corrected chi connectivity index (χ1v) is 17.7. The lowest BCUT2D eigenvalue weighted by atomic mass is 10.0. The van der Waals surface area contributed by atoms with Gasteiger partial charge in [-0.2, -0.15) is 0 Å². The Kier molecular flexibility index (Phi) is 5.47. The standard InChI is InChI=1S/C48H28N2O2/c1-2-10-31(11-3-1)49-40-15-7-4-12-33(40)38-26-29(18-23-42(38)49)30-19-24-43-39(27-30)34-13-5-8-16-41(34)50(43)32-20-21-35-36-22-25-45-47(48(36)52-46(35)28-32)37-14-6-9-17-44(37)51-45/h1-28H. The highest BCUT2D eigenvalue weighted by molar-refractivity contribution is 6.22. The third-order valence-corrected chi connectivity index (χ3v) is 10.9. The van der Waals surface area contributed by atoms with Crippen LogP contribution in [-0.4, -0.2) is 9.13 Å². The number of rotatable bonds is 3. The van der Waals surface area contributed by atoms with Crippen LogP contribution >= 0.6 is 0 Å². The number of hydrogen-bond acceptors (Lipinski definition) is 2. The highest BCUT2D eigenvalue weighted by Gasteiger charge is 2.19. The Labute approximate surface area is 296 Å². The van der Waals surface area contributed by atoms with Gasteiger partial charge < -0.3 is 18.0 Å². The Bertz CT molecular complexity index is 3410. The smallest absolute Gasteiger partial charge is 0.147 e. The summed E-state index contributed by atoms with van der Waals surface area (Å²) < 4.78 is 17.6. The van der Waals surface area contributed by atoms with E-state index in [-0.39, 0.29) is 0 Å². The van der Waals surface area contributed by atoms with E-state index >= 15 is 0 Å². The molecule has 0 saturated heterocycles. The third kappa shape index (κ3) is 3.75. The van der Waals surface area contributed by atoms with E-state index < -0.39 is 0 Å². The molecule has 4 heterocycles. The van der Waals surface area contributed by atoms with E-state index in [1.807, 2.05) is 18.2 Å².